The molecular weight excluding hydrogens is 709 g/mol. The Balaban J connectivity index is 2.12. The van der Waals surface area contributed by atoms with E-state index in [9.17, 15) is 38.7 Å². The Labute approximate surface area is 292 Å². The Morgan fingerprint density at radius 3 is 2.10 bits per heavy atom. The van der Waals surface area contributed by atoms with Crippen LogP contribution in [-0.4, -0.2) is 121 Å². The number of carboxylic acids is 1. The van der Waals surface area contributed by atoms with Crippen LogP contribution in [0.25, 0.3) is 0 Å². The fourth-order valence-electron chi connectivity index (χ4n) is 4.72. The average Bonchev–Trinajstić information content (AvgIpc) is 3.53. The molecule has 8 N–H and O–H groups in total. The third-order valence-corrected chi connectivity index (χ3v) is 10.1. The van der Waals surface area contributed by atoms with Gasteiger partial charge in [0.2, 0.25) is 5.91 Å². The third kappa shape index (κ3) is 12.4. The molecule has 0 bridgehead atoms. The molecule has 0 spiro atoms. The van der Waals surface area contributed by atoms with Crippen LogP contribution in [0.2, 0.25) is 5.32 Å². The van der Waals surface area contributed by atoms with E-state index in [-0.39, 0.29) is 26.8 Å². The number of benzene rings is 1. The molecular formula is C31H47N7O8SSe. The fourth-order valence-corrected chi connectivity index (χ4v) is 6.90. The van der Waals surface area contributed by atoms with Gasteiger partial charge in [0, 0.05) is 0 Å². The Bertz CT molecular complexity index is 1320. The van der Waals surface area contributed by atoms with Crippen molar-refractivity contribution >= 4 is 73.5 Å². The second kappa shape index (κ2) is 19.4. The minimum absolute atomic E-state index is 0.224. The molecule has 1 aliphatic rings. The molecule has 0 aromatic heterocycles. The molecule has 2 rings (SSSR count). The molecule has 6 amide bonds. The molecule has 48 heavy (non-hydrogen) atoms. The summed E-state index contributed by atoms with van der Waals surface area (Å²) < 4.78 is 0.968. The first-order valence-electron chi connectivity index (χ1n) is 15.7. The van der Waals surface area contributed by atoms with Crippen LogP contribution < -0.4 is 36.8 Å². The van der Waals surface area contributed by atoms with Crippen LogP contribution >= 0.6 is 12.6 Å². The first kappa shape index (κ1) is 40.5. The number of nitrogens with one attached hydrogen (secondary N) is 5. The van der Waals surface area contributed by atoms with Gasteiger partial charge in [0.25, 0.3) is 0 Å². The number of hydrogen-bond acceptors (Lipinski definition) is 9. The number of rotatable bonds is 17. The van der Waals surface area contributed by atoms with Crippen LogP contribution in [0.4, 0.5) is 0 Å². The Morgan fingerprint density at radius 1 is 0.917 bits per heavy atom. The van der Waals surface area contributed by atoms with Crippen molar-refractivity contribution in [3.8, 4) is 0 Å². The maximum atomic E-state index is 13.5. The van der Waals surface area contributed by atoms with Gasteiger partial charge in [0.15, 0.2) is 0 Å². The topological polar surface area (TPSA) is 229 Å². The van der Waals surface area contributed by atoms with E-state index >= 15 is 0 Å². The van der Waals surface area contributed by atoms with Gasteiger partial charge in [-0.2, -0.15) is 12.6 Å². The van der Waals surface area contributed by atoms with Crippen LogP contribution in [0.15, 0.2) is 30.3 Å². The SMILES string of the molecule is CC(C)[C@H](NC(=O)[C@H](C[Se]c1ccccc1)NC(=O)CNC(=O)[C@@H]1CCCN1C(=O)[C@@H](NC(=O)[C@H](C)N)[C@H](C)S)C(=O)N[C@@H](C)C(=O)O. The normalized spacial score (nSPS) is 18.0. The Morgan fingerprint density at radius 2 is 1.54 bits per heavy atom. The minimum atomic E-state index is -1.23. The molecule has 1 aromatic carbocycles. The summed E-state index contributed by atoms with van der Waals surface area (Å²) in [4.78, 5) is 90.6. The van der Waals surface area contributed by atoms with E-state index in [2.05, 4.69) is 39.2 Å². The van der Waals surface area contributed by atoms with E-state index in [4.69, 9.17) is 5.73 Å². The van der Waals surface area contributed by atoms with Gasteiger partial charge in [-0.15, -0.1) is 0 Å². The van der Waals surface area contributed by atoms with Crippen LogP contribution in [0.3, 0.4) is 0 Å². The molecule has 0 radical (unpaired) electrons. The molecule has 266 valence electrons. The number of carbonyl (C=O) groups is 7. The number of hydrogen-bond donors (Lipinski definition) is 8. The number of carbonyl (C=O) groups excluding carboxylic acids is 6. The van der Waals surface area contributed by atoms with Gasteiger partial charge >= 0.3 is 244 Å². The quantitative estimate of drug-likeness (QED) is 0.0643. The van der Waals surface area contributed by atoms with Crippen LogP contribution in [0.1, 0.15) is 47.5 Å². The summed E-state index contributed by atoms with van der Waals surface area (Å²) in [5, 5.41) is 21.6. The summed E-state index contributed by atoms with van der Waals surface area (Å²) in [6.45, 7) is 7.59. The second-order valence-corrected chi connectivity index (χ2v) is 15.1. The Hall–Kier alpha value is -3.66. The van der Waals surface area contributed by atoms with Crippen molar-refractivity contribution in [2.45, 2.75) is 94.3 Å². The van der Waals surface area contributed by atoms with Gasteiger partial charge in [0.05, 0.1) is 6.04 Å². The predicted octanol–water partition coefficient (Wildman–Crippen LogP) is -2.09. The number of nitrogens with zero attached hydrogens (tertiary/aromatic N) is 1. The molecule has 1 aromatic rings. The van der Waals surface area contributed by atoms with Crippen LogP contribution in [-0.2, 0) is 33.6 Å². The molecule has 1 heterocycles. The van der Waals surface area contributed by atoms with Gasteiger partial charge in [-0.25, -0.2) is 0 Å². The summed E-state index contributed by atoms with van der Waals surface area (Å²) in [7, 11) is 0. The summed E-state index contributed by atoms with van der Waals surface area (Å²) in [6, 6.07) is 3.27. The molecule has 17 heteroatoms. The summed E-state index contributed by atoms with van der Waals surface area (Å²) in [5.74, 6) is -5.22. The molecule has 0 saturated carbocycles. The van der Waals surface area contributed by atoms with Crippen molar-refractivity contribution in [3.05, 3.63) is 30.3 Å². The number of carboxylic acid groups (broad SMARTS) is 1. The van der Waals surface area contributed by atoms with Crippen LogP contribution in [0.5, 0.6) is 0 Å². The summed E-state index contributed by atoms with van der Waals surface area (Å²) >= 11 is 4.08. The van der Waals surface area contributed by atoms with E-state index in [0.29, 0.717) is 12.8 Å². The van der Waals surface area contributed by atoms with E-state index < -0.39 is 95.4 Å². The second-order valence-electron chi connectivity index (χ2n) is 12.0. The third-order valence-electron chi connectivity index (χ3n) is 7.51. The zero-order valence-corrected chi connectivity index (χ0v) is 30.3. The van der Waals surface area contributed by atoms with Crippen molar-refractivity contribution in [2.24, 2.45) is 11.7 Å². The molecule has 7 atom stereocenters. The molecule has 0 aliphatic carbocycles. The van der Waals surface area contributed by atoms with E-state index in [1.807, 2.05) is 30.3 Å². The van der Waals surface area contributed by atoms with Crippen molar-refractivity contribution in [1.82, 2.24) is 31.5 Å². The maximum absolute atomic E-state index is 13.5. The number of amides is 6. The molecule has 15 nitrogen and oxygen atoms in total. The first-order chi connectivity index (χ1) is 22.5. The van der Waals surface area contributed by atoms with E-state index in [0.717, 1.165) is 4.46 Å². The van der Waals surface area contributed by atoms with Gasteiger partial charge in [-0.3, -0.25) is 4.79 Å². The number of aliphatic carboxylic acids is 1. The zero-order valence-electron chi connectivity index (χ0n) is 27.7. The van der Waals surface area contributed by atoms with E-state index in [1.54, 1.807) is 20.8 Å². The van der Waals surface area contributed by atoms with E-state index in [1.165, 1.54) is 18.7 Å². The fraction of sp³-hybridized carbons (Fsp3) is 0.581. The number of nitrogens with two attached hydrogens (primary N) is 1. The van der Waals surface area contributed by atoms with Crippen molar-refractivity contribution in [1.29, 1.82) is 0 Å². The first-order valence-corrected chi connectivity index (χ1v) is 18.2. The Kier molecular flexibility index (Phi) is 16.3. The van der Waals surface area contributed by atoms with Gasteiger partial charge < -0.3 is 5.73 Å². The number of likely N-dealkylation sites (tertiary alicyclic amines) is 1. The molecule has 1 fully saturated rings. The molecule has 1 aliphatic heterocycles. The zero-order chi connectivity index (χ0) is 36.1. The monoisotopic (exact) mass is 757 g/mol. The van der Waals surface area contributed by atoms with Gasteiger partial charge in [-0.05, 0) is 6.92 Å². The summed E-state index contributed by atoms with van der Waals surface area (Å²) in [5.41, 5.74) is 5.63. The van der Waals surface area contributed by atoms with Crippen molar-refractivity contribution in [3.63, 3.8) is 0 Å². The number of thiol groups is 1. The van der Waals surface area contributed by atoms with Gasteiger partial charge in [0.1, 0.15) is 0 Å². The van der Waals surface area contributed by atoms with Crippen molar-refractivity contribution < 1.29 is 38.7 Å². The summed E-state index contributed by atoms with van der Waals surface area (Å²) in [6.07, 6.45) is 0.877. The molecule has 1 saturated heterocycles. The predicted molar refractivity (Wildman–Crippen MR) is 182 cm³/mol. The van der Waals surface area contributed by atoms with Crippen LogP contribution in [0, 0.1) is 5.92 Å². The standard InChI is InChI=1S/C31H47N7O8SSe/c1-16(2)24(29(43)34-18(4)31(45)46)36-27(41)21(15-48-20-10-7-6-8-11-20)35-23(39)14-33-28(42)22-12-9-13-38(22)30(44)25(19(5)47)37-26(40)17(3)32/h6-8,10-11,16-19,21-22,24-25,47H,9,12-15,32H2,1-5H3,(H,33,42)(H,34,43)(H,35,39)(H,36,41)(H,37,40)(H,45,46)/t17-,18-,19-,21-,22-,24-,25-/m0/s1. The average molecular weight is 757 g/mol. The van der Waals surface area contributed by atoms with Gasteiger partial charge in [-0.1, -0.05) is 6.92 Å². The molecule has 0 unspecified atom stereocenters. The van der Waals surface area contributed by atoms with Crippen molar-refractivity contribution in [2.75, 3.05) is 13.1 Å².